The molecule has 1 unspecified atom stereocenters. The number of benzene rings is 1. The van der Waals surface area contributed by atoms with E-state index in [9.17, 15) is 5.11 Å². The van der Waals surface area contributed by atoms with E-state index in [1.807, 2.05) is 18.2 Å². The van der Waals surface area contributed by atoms with Crippen LogP contribution >= 0.6 is 0 Å². The lowest BCUT2D eigenvalue weighted by Crippen LogP contribution is -2.12. The van der Waals surface area contributed by atoms with Gasteiger partial charge in [0.25, 0.3) is 0 Å². The molecule has 0 bridgehead atoms. The van der Waals surface area contributed by atoms with E-state index >= 15 is 0 Å². The Morgan fingerprint density at radius 3 is 2.82 bits per heavy atom. The van der Waals surface area contributed by atoms with Crippen LogP contribution in [-0.2, 0) is 4.74 Å². The minimum atomic E-state index is -0.570. The Kier molecular flexibility index (Phi) is 4.40. The van der Waals surface area contributed by atoms with Gasteiger partial charge in [-0.05, 0) is 36.5 Å². The SMILES string of the molecule is Nc1cccc(C(O)COCC2CCCC2)c1. The number of hydrogen-bond acceptors (Lipinski definition) is 3. The lowest BCUT2D eigenvalue weighted by Gasteiger charge is -2.14. The zero-order valence-corrected chi connectivity index (χ0v) is 10.1. The van der Waals surface area contributed by atoms with Crippen molar-refractivity contribution in [2.75, 3.05) is 18.9 Å². The summed E-state index contributed by atoms with van der Waals surface area (Å²) in [5.41, 5.74) is 7.18. The predicted molar refractivity (Wildman–Crippen MR) is 68.6 cm³/mol. The van der Waals surface area contributed by atoms with E-state index in [-0.39, 0.29) is 0 Å². The average Bonchev–Trinajstić information content (AvgIpc) is 2.82. The summed E-state index contributed by atoms with van der Waals surface area (Å²) in [5, 5.41) is 9.94. The van der Waals surface area contributed by atoms with Gasteiger partial charge in [-0.25, -0.2) is 0 Å². The minimum absolute atomic E-state index is 0.361. The molecule has 0 saturated heterocycles. The molecule has 1 aliphatic carbocycles. The Hall–Kier alpha value is -1.06. The van der Waals surface area contributed by atoms with Crippen molar-refractivity contribution in [2.24, 2.45) is 5.92 Å². The van der Waals surface area contributed by atoms with Crippen molar-refractivity contribution in [2.45, 2.75) is 31.8 Å². The van der Waals surface area contributed by atoms with Gasteiger partial charge in [0.15, 0.2) is 0 Å². The highest BCUT2D eigenvalue weighted by Crippen LogP contribution is 2.25. The smallest absolute Gasteiger partial charge is 0.102 e. The van der Waals surface area contributed by atoms with Gasteiger partial charge in [-0.2, -0.15) is 0 Å². The molecule has 1 fully saturated rings. The average molecular weight is 235 g/mol. The molecular formula is C14H21NO2. The molecule has 2 rings (SSSR count). The fraction of sp³-hybridized carbons (Fsp3) is 0.571. The standard InChI is InChI=1S/C14H21NO2/c15-13-7-3-6-12(8-13)14(16)10-17-9-11-4-1-2-5-11/h3,6-8,11,14,16H,1-2,4-5,9-10,15H2. The third-order valence-corrected chi connectivity index (χ3v) is 3.40. The maximum absolute atomic E-state index is 9.94. The molecule has 3 heteroatoms. The number of nitrogens with two attached hydrogens (primary N) is 1. The van der Waals surface area contributed by atoms with E-state index in [2.05, 4.69) is 0 Å². The molecule has 1 aromatic rings. The molecular weight excluding hydrogens is 214 g/mol. The van der Waals surface area contributed by atoms with Crippen molar-refractivity contribution >= 4 is 5.69 Å². The molecule has 0 radical (unpaired) electrons. The zero-order chi connectivity index (χ0) is 12.1. The Labute approximate surface area is 103 Å². The molecule has 0 heterocycles. The van der Waals surface area contributed by atoms with Crippen molar-refractivity contribution in [3.8, 4) is 0 Å². The molecule has 3 nitrogen and oxygen atoms in total. The van der Waals surface area contributed by atoms with Crippen LogP contribution in [0.2, 0.25) is 0 Å². The van der Waals surface area contributed by atoms with E-state index in [1.165, 1.54) is 25.7 Å². The van der Waals surface area contributed by atoms with Crippen molar-refractivity contribution < 1.29 is 9.84 Å². The molecule has 1 aliphatic rings. The van der Waals surface area contributed by atoms with Crippen LogP contribution in [0.15, 0.2) is 24.3 Å². The van der Waals surface area contributed by atoms with Crippen LogP contribution in [0, 0.1) is 5.92 Å². The number of nitrogen functional groups attached to an aromatic ring is 1. The normalized spacial score (nSPS) is 18.4. The molecule has 17 heavy (non-hydrogen) atoms. The van der Waals surface area contributed by atoms with Crippen molar-refractivity contribution in [3.05, 3.63) is 29.8 Å². The molecule has 0 aliphatic heterocycles. The van der Waals surface area contributed by atoms with Gasteiger partial charge >= 0.3 is 0 Å². The second-order valence-corrected chi connectivity index (χ2v) is 4.87. The summed E-state index contributed by atoms with van der Waals surface area (Å²) in [5.74, 6) is 0.697. The van der Waals surface area contributed by atoms with Crippen molar-refractivity contribution in [1.29, 1.82) is 0 Å². The number of ether oxygens (including phenoxy) is 1. The number of rotatable bonds is 5. The summed E-state index contributed by atoms with van der Waals surface area (Å²) in [6, 6.07) is 7.34. The first kappa shape index (κ1) is 12.4. The summed E-state index contributed by atoms with van der Waals surface area (Å²) < 4.78 is 5.58. The molecule has 0 aromatic heterocycles. The van der Waals surface area contributed by atoms with Gasteiger partial charge in [0.2, 0.25) is 0 Å². The number of aliphatic hydroxyl groups excluding tert-OH is 1. The summed E-state index contributed by atoms with van der Waals surface area (Å²) >= 11 is 0. The lowest BCUT2D eigenvalue weighted by molar-refractivity contribution is 0.0212. The van der Waals surface area contributed by atoms with E-state index in [0.717, 1.165) is 12.2 Å². The highest BCUT2D eigenvalue weighted by Gasteiger charge is 2.16. The summed E-state index contributed by atoms with van der Waals surface area (Å²) in [6.07, 6.45) is 4.63. The van der Waals surface area contributed by atoms with Crippen LogP contribution < -0.4 is 5.73 Å². The molecule has 1 aromatic carbocycles. The first-order valence-electron chi connectivity index (χ1n) is 6.37. The van der Waals surface area contributed by atoms with Gasteiger partial charge in [0.05, 0.1) is 6.61 Å². The molecule has 94 valence electrons. The first-order chi connectivity index (χ1) is 8.25. The Morgan fingerprint density at radius 2 is 2.12 bits per heavy atom. The number of aliphatic hydroxyl groups is 1. The van der Waals surface area contributed by atoms with Gasteiger partial charge in [0, 0.05) is 12.3 Å². The second-order valence-electron chi connectivity index (χ2n) is 4.87. The highest BCUT2D eigenvalue weighted by atomic mass is 16.5. The highest BCUT2D eigenvalue weighted by molar-refractivity contribution is 5.41. The second kappa shape index (κ2) is 6.03. The summed E-state index contributed by atoms with van der Waals surface area (Å²) in [6.45, 7) is 1.14. The summed E-state index contributed by atoms with van der Waals surface area (Å²) in [4.78, 5) is 0. The van der Waals surface area contributed by atoms with Crippen LogP contribution in [0.3, 0.4) is 0 Å². The van der Waals surface area contributed by atoms with Gasteiger partial charge < -0.3 is 15.6 Å². The molecule has 0 spiro atoms. The summed E-state index contributed by atoms with van der Waals surface area (Å²) in [7, 11) is 0. The third kappa shape index (κ3) is 3.72. The van der Waals surface area contributed by atoms with E-state index in [1.54, 1.807) is 6.07 Å². The predicted octanol–water partition coefficient (Wildman–Crippen LogP) is 2.51. The van der Waals surface area contributed by atoms with Crippen LogP contribution in [0.1, 0.15) is 37.4 Å². The van der Waals surface area contributed by atoms with Crippen molar-refractivity contribution in [1.82, 2.24) is 0 Å². The van der Waals surface area contributed by atoms with Crippen LogP contribution in [0.5, 0.6) is 0 Å². The van der Waals surface area contributed by atoms with Crippen LogP contribution in [0.4, 0.5) is 5.69 Å². The van der Waals surface area contributed by atoms with Crippen molar-refractivity contribution in [3.63, 3.8) is 0 Å². The topological polar surface area (TPSA) is 55.5 Å². The van der Waals surface area contributed by atoms with Gasteiger partial charge in [-0.3, -0.25) is 0 Å². The Balaban J connectivity index is 1.74. The maximum Gasteiger partial charge on any atom is 0.102 e. The zero-order valence-electron chi connectivity index (χ0n) is 10.1. The molecule has 3 N–H and O–H groups in total. The first-order valence-corrected chi connectivity index (χ1v) is 6.37. The third-order valence-electron chi connectivity index (χ3n) is 3.40. The van der Waals surface area contributed by atoms with Gasteiger partial charge in [-0.1, -0.05) is 25.0 Å². The van der Waals surface area contributed by atoms with E-state index in [0.29, 0.717) is 18.2 Å². The van der Waals surface area contributed by atoms with Gasteiger partial charge in [-0.15, -0.1) is 0 Å². The lowest BCUT2D eigenvalue weighted by atomic mass is 10.1. The number of hydrogen-bond donors (Lipinski definition) is 2. The maximum atomic E-state index is 9.94. The van der Waals surface area contributed by atoms with Crippen LogP contribution in [-0.4, -0.2) is 18.3 Å². The largest absolute Gasteiger partial charge is 0.399 e. The van der Waals surface area contributed by atoms with E-state index in [4.69, 9.17) is 10.5 Å². The molecule has 1 saturated carbocycles. The quantitative estimate of drug-likeness (QED) is 0.771. The monoisotopic (exact) mass is 235 g/mol. The molecule has 1 atom stereocenters. The van der Waals surface area contributed by atoms with Gasteiger partial charge in [0.1, 0.15) is 6.10 Å². The minimum Gasteiger partial charge on any atom is -0.399 e. The fourth-order valence-corrected chi connectivity index (χ4v) is 2.39. The Bertz CT molecular complexity index is 348. The molecule has 0 amide bonds. The number of anilines is 1. The Morgan fingerprint density at radius 1 is 1.35 bits per heavy atom. The van der Waals surface area contributed by atoms with E-state index < -0.39 is 6.10 Å². The van der Waals surface area contributed by atoms with Crippen LogP contribution in [0.25, 0.3) is 0 Å². The fourth-order valence-electron chi connectivity index (χ4n) is 2.39.